The van der Waals surface area contributed by atoms with Crippen molar-refractivity contribution in [3.63, 3.8) is 0 Å². The van der Waals surface area contributed by atoms with Gasteiger partial charge in [-0.2, -0.15) is 0 Å². The van der Waals surface area contributed by atoms with E-state index in [-0.39, 0.29) is 17.6 Å². The number of thioether (sulfide) groups is 1. The Balaban J connectivity index is 1.16. The van der Waals surface area contributed by atoms with Gasteiger partial charge in [0.15, 0.2) is 10.0 Å². The van der Waals surface area contributed by atoms with Crippen LogP contribution in [-0.4, -0.2) is 56.4 Å². The third-order valence-corrected chi connectivity index (χ3v) is 8.68. The number of aromatic carboxylic acids is 1. The zero-order valence-corrected chi connectivity index (χ0v) is 21.9. The lowest BCUT2D eigenvalue weighted by molar-refractivity contribution is -0.128. The topological polar surface area (TPSA) is 90.7 Å². The Bertz CT molecular complexity index is 1360. The number of amides is 1. The van der Waals surface area contributed by atoms with Crippen molar-refractivity contribution in [2.24, 2.45) is 0 Å². The van der Waals surface area contributed by atoms with Crippen LogP contribution in [0.2, 0.25) is 0 Å². The molecule has 1 aromatic heterocycles. The molecule has 6 nitrogen and oxygen atoms in total. The van der Waals surface area contributed by atoms with Crippen molar-refractivity contribution in [3.05, 3.63) is 88.5 Å². The van der Waals surface area contributed by atoms with E-state index in [0.717, 1.165) is 24.0 Å². The molecule has 2 aliphatic rings. The molecular weight excluding hydrogens is 504 g/mol. The highest BCUT2D eigenvalue weighted by Gasteiger charge is 2.28. The van der Waals surface area contributed by atoms with Crippen LogP contribution in [0.3, 0.4) is 0 Å². The van der Waals surface area contributed by atoms with Gasteiger partial charge in [0.05, 0.1) is 12.1 Å². The number of likely N-dealkylation sites (tertiary alicyclic amines) is 1. The molecule has 2 atom stereocenters. The van der Waals surface area contributed by atoms with Gasteiger partial charge in [0.25, 0.3) is 0 Å². The third-order valence-electron chi connectivity index (χ3n) is 6.68. The van der Waals surface area contributed by atoms with Crippen LogP contribution in [-0.2, 0) is 17.6 Å². The van der Waals surface area contributed by atoms with Crippen LogP contribution in [0, 0.1) is 0 Å². The lowest BCUT2D eigenvalue weighted by atomic mass is 9.97. The van der Waals surface area contributed by atoms with Crippen molar-refractivity contribution in [2.75, 3.05) is 12.3 Å². The highest BCUT2D eigenvalue weighted by molar-refractivity contribution is 8.01. The number of benzene rings is 2. The Morgan fingerprint density at radius 2 is 2.11 bits per heavy atom. The first-order valence-electron chi connectivity index (χ1n) is 12.3. The van der Waals surface area contributed by atoms with E-state index in [4.69, 9.17) is 5.11 Å². The van der Waals surface area contributed by atoms with E-state index >= 15 is 0 Å². The minimum atomic E-state index is -1.03. The number of thiazole rings is 1. The summed E-state index contributed by atoms with van der Waals surface area (Å²) in [4.78, 5) is 29.3. The fraction of sp³-hybridized carbons (Fsp3) is 0.276. The molecule has 2 N–H and O–H groups in total. The number of allylic oxidation sites excluding steroid dienone is 1. The van der Waals surface area contributed by atoms with Crippen LogP contribution < -0.4 is 0 Å². The summed E-state index contributed by atoms with van der Waals surface area (Å²) in [7, 11) is 0. The van der Waals surface area contributed by atoms with Gasteiger partial charge in [0.1, 0.15) is 0 Å². The van der Waals surface area contributed by atoms with Crippen molar-refractivity contribution >= 4 is 41.1 Å². The van der Waals surface area contributed by atoms with Gasteiger partial charge < -0.3 is 15.1 Å². The SMILES string of the molecule is O=C(O)c1csc(SCCN2C(=O)CC[C@@H]2/C=C/[C@@H](O)Cc2cccc(-c3ccc4c(c3)C=CC4)c2)n1. The number of fused-ring (bicyclic) bond motifs is 1. The Kier molecular flexibility index (Phi) is 7.88. The van der Waals surface area contributed by atoms with Gasteiger partial charge in [-0.05, 0) is 46.7 Å². The van der Waals surface area contributed by atoms with E-state index in [2.05, 4.69) is 47.5 Å². The lowest BCUT2D eigenvalue weighted by Crippen LogP contribution is -2.33. The van der Waals surface area contributed by atoms with Crippen LogP contribution >= 0.6 is 23.1 Å². The molecule has 0 bridgehead atoms. The molecular formula is C29H28N2O4S2. The first-order valence-corrected chi connectivity index (χ1v) is 14.2. The molecule has 1 saturated heterocycles. The molecule has 1 amide bonds. The van der Waals surface area contributed by atoms with Crippen LogP contribution in [0.25, 0.3) is 17.2 Å². The predicted octanol–water partition coefficient (Wildman–Crippen LogP) is 5.32. The quantitative estimate of drug-likeness (QED) is 0.271. The zero-order valence-electron chi connectivity index (χ0n) is 20.2. The summed E-state index contributed by atoms with van der Waals surface area (Å²) in [6, 6.07) is 14.8. The predicted molar refractivity (Wildman–Crippen MR) is 148 cm³/mol. The molecule has 1 aliphatic carbocycles. The third kappa shape index (κ3) is 6.21. The summed E-state index contributed by atoms with van der Waals surface area (Å²) in [6.45, 7) is 0.550. The highest BCUT2D eigenvalue weighted by Crippen LogP contribution is 2.28. The molecule has 1 aliphatic heterocycles. The minimum absolute atomic E-state index is 0.0422. The van der Waals surface area contributed by atoms with Gasteiger partial charge >= 0.3 is 5.97 Å². The van der Waals surface area contributed by atoms with E-state index in [1.54, 1.807) is 6.08 Å². The van der Waals surface area contributed by atoms with Gasteiger partial charge in [0, 0.05) is 30.5 Å². The standard InChI is InChI=1S/C29H28N2O4S2/c32-25(16-19-3-1-5-21(15-19)23-8-7-20-4-2-6-22(20)17-23)11-9-24-10-12-27(33)31(24)13-14-36-29-30-26(18-37-29)28(34)35/h1-3,5-9,11,15,17-18,24-25,32H,4,10,12-14,16H2,(H,34,35)/b11-9+/t24-,25+/m0/s1. The van der Waals surface area contributed by atoms with Crippen molar-refractivity contribution in [1.82, 2.24) is 9.88 Å². The molecule has 0 unspecified atom stereocenters. The summed E-state index contributed by atoms with van der Waals surface area (Å²) in [5.74, 6) is -0.294. The molecule has 8 heteroatoms. The first kappa shape index (κ1) is 25.4. The second-order valence-electron chi connectivity index (χ2n) is 9.22. The largest absolute Gasteiger partial charge is 0.476 e. The Labute approximate surface area is 224 Å². The number of hydrogen-bond acceptors (Lipinski definition) is 6. The maximum Gasteiger partial charge on any atom is 0.355 e. The Morgan fingerprint density at radius 1 is 1.24 bits per heavy atom. The van der Waals surface area contributed by atoms with Crippen molar-refractivity contribution in [1.29, 1.82) is 0 Å². The van der Waals surface area contributed by atoms with Crippen LogP contribution in [0.15, 0.2) is 70.4 Å². The number of nitrogens with zero attached hydrogens (tertiary/aromatic N) is 2. The van der Waals surface area contributed by atoms with Gasteiger partial charge in [0.2, 0.25) is 5.91 Å². The van der Waals surface area contributed by atoms with Crippen LogP contribution in [0.5, 0.6) is 0 Å². The van der Waals surface area contributed by atoms with Gasteiger partial charge in [-0.3, -0.25) is 4.79 Å². The minimum Gasteiger partial charge on any atom is -0.476 e. The fourth-order valence-corrected chi connectivity index (χ4v) is 6.58. The molecule has 190 valence electrons. The van der Waals surface area contributed by atoms with Gasteiger partial charge in [-0.25, -0.2) is 9.78 Å². The number of aliphatic hydroxyl groups excluding tert-OH is 1. The number of hydrogen-bond donors (Lipinski definition) is 2. The number of carboxylic acid groups (broad SMARTS) is 1. The van der Waals surface area contributed by atoms with Crippen molar-refractivity contribution < 1.29 is 19.8 Å². The molecule has 3 aromatic rings. The average molecular weight is 533 g/mol. The number of carboxylic acids is 1. The Morgan fingerprint density at radius 3 is 2.95 bits per heavy atom. The monoisotopic (exact) mass is 532 g/mol. The van der Waals surface area contributed by atoms with E-state index in [9.17, 15) is 14.7 Å². The number of carbonyl (C=O) groups is 2. The molecule has 37 heavy (non-hydrogen) atoms. The number of aliphatic hydroxyl groups is 1. The zero-order chi connectivity index (χ0) is 25.8. The molecule has 2 heterocycles. The van der Waals surface area contributed by atoms with E-state index in [1.165, 1.54) is 45.2 Å². The van der Waals surface area contributed by atoms with Gasteiger partial charge in [-0.15, -0.1) is 11.3 Å². The van der Waals surface area contributed by atoms with E-state index in [1.807, 2.05) is 23.1 Å². The van der Waals surface area contributed by atoms with Crippen LogP contribution in [0.4, 0.5) is 0 Å². The molecule has 1 fully saturated rings. The summed E-state index contributed by atoms with van der Waals surface area (Å²) in [6.07, 6.45) is 10.2. The lowest BCUT2D eigenvalue weighted by Gasteiger charge is -2.22. The molecule has 2 aromatic carbocycles. The van der Waals surface area contributed by atoms with E-state index < -0.39 is 12.1 Å². The maximum absolute atomic E-state index is 12.4. The number of carbonyl (C=O) groups excluding carboxylic acids is 1. The average Bonchev–Trinajstić information content (AvgIpc) is 3.63. The summed E-state index contributed by atoms with van der Waals surface area (Å²) < 4.78 is 0.685. The van der Waals surface area contributed by atoms with Gasteiger partial charge in [-0.1, -0.05) is 72.5 Å². The molecule has 0 radical (unpaired) electrons. The first-order chi connectivity index (χ1) is 18.0. The van der Waals surface area contributed by atoms with E-state index in [0.29, 0.717) is 29.5 Å². The second-order valence-corrected chi connectivity index (χ2v) is 11.4. The normalized spacial score (nSPS) is 17.6. The fourth-order valence-electron chi connectivity index (χ4n) is 4.77. The molecule has 0 spiro atoms. The summed E-state index contributed by atoms with van der Waals surface area (Å²) >= 11 is 2.75. The maximum atomic E-state index is 12.4. The van der Waals surface area contributed by atoms with Crippen molar-refractivity contribution in [3.8, 4) is 11.1 Å². The smallest absolute Gasteiger partial charge is 0.355 e. The highest BCUT2D eigenvalue weighted by atomic mass is 32.2. The summed E-state index contributed by atoms with van der Waals surface area (Å²) in [5, 5.41) is 21.3. The molecule has 0 saturated carbocycles. The Hall–Kier alpha value is -3.20. The van der Waals surface area contributed by atoms with Crippen LogP contribution in [0.1, 0.15) is 40.0 Å². The summed E-state index contributed by atoms with van der Waals surface area (Å²) in [5.41, 5.74) is 6.05. The number of rotatable bonds is 10. The van der Waals surface area contributed by atoms with Crippen molar-refractivity contribution in [2.45, 2.75) is 42.2 Å². The second kappa shape index (κ2) is 11.5. The number of aromatic nitrogens is 1. The molecule has 5 rings (SSSR count).